The molecule has 0 spiro atoms. The molecule has 0 aromatic heterocycles. The fourth-order valence-electron chi connectivity index (χ4n) is 3.16. The second-order valence-corrected chi connectivity index (χ2v) is 9.35. The molecule has 0 radical (unpaired) electrons. The SMILES string of the molecule is CCC(C)NC(=NCC1CCS(=O)(=O)C1)N1CCC(C(C)O)C1. The fraction of sp³-hybridized carbons (Fsp3) is 0.938. The van der Waals surface area contributed by atoms with Gasteiger partial charge < -0.3 is 15.3 Å². The topological polar surface area (TPSA) is 82.0 Å². The van der Waals surface area contributed by atoms with Crippen molar-refractivity contribution in [2.45, 2.75) is 52.2 Å². The number of aliphatic hydroxyl groups is 1. The first-order valence-electron chi connectivity index (χ1n) is 8.75. The van der Waals surface area contributed by atoms with Gasteiger partial charge in [0.25, 0.3) is 0 Å². The number of aliphatic imine (C=N–C) groups is 1. The zero-order chi connectivity index (χ0) is 17.0. The highest BCUT2D eigenvalue weighted by molar-refractivity contribution is 7.91. The molecule has 0 aliphatic carbocycles. The highest BCUT2D eigenvalue weighted by atomic mass is 32.2. The van der Waals surface area contributed by atoms with Gasteiger partial charge in [-0.2, -0.15) is 0 Å². The molecule has 2 saturated heterocycles. The Bertz CT molecular complexity index is 519. The van der Waals surface area contributed by atoms with Crippen LogP contribution in [0.5, 0.6) is 0 Å². The molecule has 2 rings (SSSR count). The number of hydrogen-bond donors (Lipinski definition) is 2. The number of likely N-dealkylation sites (tertiary alicyclic amines) is 1. The van der Waals surface area contributed by atoms with Gasteiger partial charge in [0.05, 0.1) is 17.6 Å². The van der Waals surface area contributed by atoms with Gasteiger partial charge in [0.15, 0.2) is 15.8 Å². The van der Waals surface area contributed by atoms with Crippen molar-refractivity contribution >= 4 is 15.8 Å². The summed E-state index contributed by atoms with van der Waals surface area (Å²) in [6.07, 6.45) is 2.39. The molecule has 0 amide bonds. The Morgan fingerprint density at radius 1 is 1.39 bits per heavy atom. The Balaban J connectivity index is 2.01. The zero-order valence-electron chi connectivity index (χ0n) is 14.5. The van der Waals surface area contributed by atoms with Crippen LogP contribution in [-0.2, 0) is 9.84 Å². The average Bonchev–Trinajstić information content (AvgIpc) is 3.09. The highest BCUT2D eigenvalue weighted by Gasteiger charge is 2.30. The van der Waals surface area contributed by atoms with Crippen molar-refractivity contribution in [3.8, 4) is 0 Å². The van der Waals surface area contributed by atoms with Crippen LogP contribution >= 0.6 is 0 Å². The molecule has 6 nitrogen and oxygen atoms in total. The normalized spacial score (nSPS) is 30.4. The van der Waals surface area contributed by atoms with Gasteiger partial charge in [-0.1, -0.05) is 6.92 Å². The highest BCUT2D eigenvalue weighted by Crippen LogP contribution is 2.21. The first-order chi connectivity index (χ1) is 10.8. The predicted octanol–water partition coefficient (Wildman–Crippen LogP) is 0.868. The molecule has 4 atom stereocenters. The van der Waals surface area contributed by atoms with E-state index in [9.17, 15) is 13.5 Å². The second kappa shape index (κ2) is 7.83. The van der Waals surface area contributed by atoms with E-state index >= 15 is 0 Å². The van der Waals surface area contributed by atoms with Gasteiger partial charge in [-0.15, -0.1) is 0 Å². The Morgan fingerprint density at radius 2 is 2.13 bits per heavy atom. The van der Waals surface area contributed by atoms with Gasteiger partial charge in [0, 0.05) is 31.6 Å². The minimum Gasteiger partial charge on any atom is -0.393 e. The van der Waals surface area contributed by atoms with Gasteiger partial charge in [-0.05, 0) is 39.0 Å². The Labute approximate surface area is 140 Å². The van der Waals surface area contributed by atoms with E-state index < -0.39 is 9.84 Å². The summed E-state index contributed by atoms with van der Waals surface area (Å²) in [7, 11) is -2.85. The minimum atomic E-state index is -2.85. The fourth-order valence-corrected chi connectivity index (χ4v) is 5.01. The van der Waals surface area contributed by atoms with Crippen LogP contribution in [0.25, 0.3) is 0 Å². The van der Waals surface area contributed by atoms with Crippen LogP contribution in [0.1, 0.15) is 40.0 Å². The Morgan fingerprint density at radius 3 is 2.65 bits per heavy atom. The van der Waals surface area contributed by atoms with Crippen molar-refractivity contribution in [2.24, 2.45) is 16.8 Å². The lowest BCUT2D eigenvalue weighted by atomic mass is 10.0. The molecule has 4 unspecified atom stereocenters. The van der Waals surface area contributed by atoms with Crippen LogP contribution in [0.2, 0.25) is 0 Å². The third-order valence-corrected chi connectivity index (χ3v) is 6.86. The lowest BCUT2D eigenvalue weighted by Gasteiger charge is -2.25. The first kappa shape index (κ1) is 18.5. The summed E-state index contributed by atoms with van der Waals surface area (Å²) < 4.78 is 23.2. The molecule has 2 aliphatic heterocycles. The lowest BCUT2D eigenvalue weighted by Crippen LogP contribution is -2.44. The summed E-state index contributed by atoms with van der Waals surface area (Å²) in [4.78, 5) is 6.92. The zero-order valence-corrected chi connectivity index (χ0v) is 15.3. The molecule has 2 aliphatic rings. The number of sulfone groups is 1. The van der Waals surface area contributed by atoms with E-state index in [1.807, 2.05) is 6.92 Å². The van der Waals surface area contributed by atoms with Gasteiger partial charge in [0.1, 0.15) is 0 Å². The van der Waals surface area contributed by atoms with Crippen LogP contribution in [0.3, 0.4) is 0 Å². The van der Waals surface area contributed by atoms with E-state index in [-0.39, 0.29) is 23.7 Å². The lowest BCUT2D eigenvalue weighted by molar-refractivity contribution is 0.132. The van der Waals surface area contributed by atoms with Crippen LogP contribution in [0.15, 0.2) is 4.99 Å². The third kappa shape index (κ3) is 5.35. The number of aliphatic hydroxyl groups excluding tert-OH is 1. The minimum absolute atomic E-state index is 0.142. The number of hydrogen-bond acceptors (Lipinski definition) is 4. The van der Waals surface area contributed by atoms with E-state index in [0.717, 1.165) is 38.3 Å². The van der Waals surface area contributed by atoms with Crippen molar-refractivity contribution in [3.63, 3.8) is 0 Å². The van der Waals surface area contributed by atoms with Crippen molar-refractivity contribution < 1.29 is 13.5 Å². The van der Waals surface area contributed by atoms with Crippen molar-refractivity contribution in [2.75, 3.05) is 31.1 Å². The molecule has 0 aromatic rings. The first-order valence-corrected chi connectivity index (χ1v) is 10.6. The summed E-state index contributed by atoms with van der Waals surface area (Å²) in [5.74, 6) is 1.86. The van der Waals surface area contributed by atoms with Crippen LogP contribution in [0.4, 0.5) is 0 Å². The number of nitrogens with zero attached hydrogens (tertiary/aromatic N) is 2. The summed E-state index contributed by atoms with van der Waals surface area (Å²) >= 11 is 0. The van der Waals surface area contributed by atoms with Gasteiger partial charge in [-0.3, -0.25) is 4.99 Å². The van der Waals surface area contributed by atoms with Gasteiger partial charge in [0.2, 0.25) is 0 Å². The smallest absolute Gasteiger partial charge is 0.194 e. The van der Waals surface area contributed by atoms with Crippen LogP contribution in [-0.4, -0.2) is 67.7 Å². The monoisotopic (exact) mass is 345 g/mol. The molecule has 7 heteroatoms. The molecular weight excluding hydrogens is 314 g/mol. The maximum Gasteiger partial charge on any atom is 0.194 e. The van der Waals surface area contributed by atoms with Crippen LogP contribution in [0, 0.1) is 11.8 Å². The molecule has 2 N–H and O–H groups in total. The average molecular weight is 346 g/mol. The van der Waals surface area contributed by atoms with Crippen molar-refractivity contribution in [1.82, 2.24) is 10.2 Å². The predicted molar refractivity (Wildman–Crippen MR) is 93.3 cm³/mol. The number of rotatable bonds is 5. The van der Waals surface area contributed by atoms with Gasteiger partial charge in [-0.25, -0.2) is 8.42 Å². The summed E-state index contributed by atoms with van der Waals surface area (Å²) in [6, 6.07) is 0.326. The van der Waals surface area contributed by atoms with E-state index in [2.05, 4.69) is 24.1 Å². The molecule has 23 heavy (non-hydrogen) atoms. The molecule has 0 saturated carbocycles. The largest absolute Gasteiger partial charge is 0.393 e. The van der Waals surface area contributed by atoms with E-state index in [1.165, 1.54) is 0 Å². The summed E-state index contributed by atoms with van der Waals surface area (Å²) in [6.45, 7) is 8.35. The van der Waals surface area contributed by atoms with Gasteiger partial charge >= 0.3 is 0 Å². The van der Waals surface area contributed by atoms with E-state index in [1.54, 1.807) is 0 Å². The second-order valence-electron chi connectivity index (χ2n) is 7.12. The maximum absolute atomic E-state index is 11.6. The Hall–Kier alpha value is -0.820. The van der Waals surface area contributed by atoms with Crippen molar-refractivity contribution in [3.05, 3.63) is 0 Å². The molecule has 2 heterocycles. The summed E-state index contributed by atoms with van der Waals surface area (Å²) in [5, 5.41) is 13.2. The molecule has 2 fully saturated rings. The summed E-state index contributed by atoms with van der Waals surface area (Å²) in [5.41, 5.74) is 0. The molecular formula is C16H31N3O3S. The van der Waals surface area contributed by atoms with E-state index in [0.29, 0.717) is 18.3 Å². The maximum atomic E-state index is 11.6. The quantitative estimate of drug-likeness (QED) is 0.571. The molecule has 0 aromatic carbocycles. The number of guanidine groups is 1. The third-order valence-electron chi connectivity index (χ3n) is 5.02. The van der Waals surface area contributed by atoms with E-state index in [4.69, 9.17) is 4.99 Å². The Kier molecular flexibility index (Phi) is 6.31. The standard InChI is InChI=1S/C16H31N3O3S/c1-4-12(2)18-16(19-7-5-15(10-19)13(3)20)17-9-14-6-8-23(21,22)11-14/h12-15,20H,4-11H2,1-3H3,(H,17,18). The van der Waals surface area contributed by atoms with Crippen LogP contribution < -0.4 is 5.32 Å². The number of nitrogens with one attached hydrogen (secondary N) is 1. The van der Waals surface area contributed by atoms with Crippen molar-refractivity contribution in [1.29, 1.82) is 0 Å². The molecule has 0 bridgehead atoms. The molecule has 134 valence electrons.